The first-order chi connectivity index (χ1) is 18.2. The largest absolute Gasteiger partial charge is 0.867 e. The van der Waals surface area contributed by atoms with Crippen LogP contribution >= 0.6 is 11.3 Å². The van der Waals surface area contributed by atoms with Crippen molar-refractivity contribution < 1.29 is 19.2 Å². The lowest BCUT2D eigenvalue weighted by molar-refractivity contribution is -0.398. The third kappa shape index (κ3) is 4.50. The number of hydrogen-bond acceptors (Lipinski definition) is 7. The molecule has 0 fully saturated rings. The molecule has 0 radical (unpaired) electrons. The molecule has 4 aromatic rings. The van der Waals surface area contributed by atoms with Crippen LogP contribution in [-0.2, 0) is 4.79 Å². The number of aromatic nitrogens is 1. The van der Waals surface area contributed by atoms with Crippen molar-refractivity contribution in [2.45, 2.75) is 13.0 Å². The van der Waals surface area contributed by atoms with E-state index in [1.165, 1.54) is 47.0 Å². The van der Waals surface area contributed by atoms with Crippen LogP contribution in [0.4, 0.5) is 15.8 Å². The number of para-hydroxylation sites is 2. The monoisotopic (exact) mass is 529 g/mol. The first-order valence-electron chi connectivity index (χ1n) is 11.3. The van der Waals surface area contributed by atoms with E-state index in [1.807, 2.05) is 0 Å². The number of hydrogen-bond donors (Lipinski definition) is 1. The summed E-state index contributed by atoms with van der Waals surface area (Å²) in [5, 5.41) is 26.6. The number of halogens is 1. The van der Waals surface area contributed by atoms with Crippen LogP contribution in [0.5, 0.6) is 5.75 Å². The van der Waals surface area contributed by atoms with E-state index in [0.717, 1.165) is 17.4 Å². The van der Waals surface area contributed by atoms with Gasteiger partial charge in [-0.25, -0.2) is 9.38 Å². The van der Waals surface area contributed by atoms with E-state index in [1.54, 1.807) is 37.3 Å². The molecule has 0 bridgehead atoms. The van der Waals surface area contributed by atoms with Crippen molar-refractivity contribution >= 4 is 34.7 Å². The van der Waals surface area contributed by atoms with Crippen molar-refractivity contribution in [3.05, 3.63) is 131 Å². The maximum atomic E-state index is 13.8. The molecule has 190 valence electrons. The van der Waals surface area contributed by atoms with Crippen LogP contribution in [0.3, 0.4) is 0 Å². The molecule has 5 rings (SSSR count). The zero-order valence-corrected chi connectivity index (χ0v) is 20.6. The molecule has 1 aliphatic rings. The Balaban J connectivity index is 1.69. The fourth-order valence-electron chi connectivity index (χ4n) is 4.23. The summed E-state index contributed by atoms with van der Waals surface area (Å²) < 4.78 is 15.2. The van der Waals surface area contributed by atoms with Gasteiger partial charge >= 0.3 is 0 Å². The fraction of sp³-hybridized carbons (Fsp3) is 0.0741. The van der Waals surface area contributed by atoms with Crippen LogP contribution in [0.15, 0.2) is 93.9 Å². The molecule has 1 atom stereocenters. The second kappa shape index (κ2) is 9.87. The molecular weight excluding hydrogens is 511 g/mol. The Morgan fingerprint density at radius 1 is 1.11 bits per heavy atom. The number of fused-ring (bicyclic) bond motifs is 1. The van der Waals surface area contributed by atoms with Gasteiger partial charge in [-0.1, -0.05) is 53.8 Å². The van der Waals surface area contributed by atoms with E-state index < -0.39 is 39.7 Å². The summed E-state index contributed by atoms with van der Waals surface area (Å²) >= 11 is 0.982. The highest BCUT2D eigenvalue weighted by Crippen LogP contribution is 2.31. The van der Waals surface area contributed by atoms with Gasteiger partial charge in [-0.2, -0.15) is 0 Å². The lowest BCUT2D eigenvalue weighted by atomic mass is 9.95. The number of allylic oxidation sites excluding steroid dienone is 1. The van der Waals surface area contributed by atoms with E-state index in [0.29, 0.717) is 16.9 Å². The van der Waals surface area contributed by atoms with Crippen LogP contribution < -0.4 is 25.3 Å². The van der Waals surface area contributed by atoms with Gasteiger partial charge in [-0.05, 0) is 54.1 Å². The second-order valence-corrected chi connectivity index (χ2v) is 9.42. The summed E-state index contributed by atoms with van der Waals surface area (Å²) in [4.78, 5) is 42.3. The lowest BCUT2D eigenvalue weighted by Crippen LogP contribution is -2.40. The molecule has 9 nitrogen and oxygen atoms in total. The molecule has 0 saturated carbocycles. The molecule has 1 N–H and O–H groups in total. The van der Waals surface area contributed by atoms with Crippen LogP contribution in [-0.4, -0.2) is 15.4 Å². The van der Waals surface area contributed by atoms with Gasteiger partial charge in [0.2, 0.25) is 0 Å². The number of nitrogens with zero attached hydrogens (tertiary/aromatic N) is 3. The van der Waals surface area contributed by atoms with Gasteiger partial charge in [0.05, 0.1) is 26.8 Å². The predicted octanol–water partition coefficient (Wildman–Crippen LogP) is 2.99. The van der Waals surface area contributed by atoms with Gasteiger partial charge in [0, 0.05) is 11.8 Å². The van der Waals surface area contributed by atoms with E-state index in [9.17, 15) is 29.2 Å². The first kappa shape index (κ1) is 24.8. The molecule has 2 heterocycles. The Bertz CT molecular complexity index is 1790. The third-order valence-corrected chi connectivity index (χ3v) is 6.97. The number of amides is 1. The minimum Gasteiger partial charge on any atom is -0.867 e. The van der Waals surface area contributed by atoms with Gasteiger partial charge in [0.15, 0.2) is 4.80 Å². The zero-order chi connectivity index (χ0) is 27.0. The topological polar surface area (TPSA) is 130 Å². The van der Waals surface area contributed by atoms with Crippen molar-refractivity contribution in [2.24, 2.45) is 4.99 Å². The Morgan fingerprint density at radius 2 is 1.82 bits per heavy atom. The molecule has 0 spiro atoms. The summed E-state index contributed by atoms with van der Waals surface area (Å²) in [6.07, 6.45) is 1.28. The van der Waals surface area contributed by atoms with Crippen molar-refractivity contribution in [1.82, 2.24) is 4.57 Å². The number of rotatable bonds is 5. The number of nitro groups is 1. The molecule has 1 unspecified atom stereocenters. The zero-order valence-electron chi connectivity index (χ0n) is 19.8. The highest BCUT2D eigenvalue weighted by atomic mass is 32.1. The summed E-state index contributed by atoms with van der Waals surface area (Å²) in [5.74, 6) is -1.79. The minimum atomic E-state index is -0.936. The molecule has 1 aliphatic heterocycles. The molecular formula is C27H18FN4O5S-. The number of nitrogens with one attached hydrogen (secondary N) is 1. The summed E-state index contributed by atoms with van der Waals surface area (Å²) in [6, 6.07) is 17.1. The number of benzene rings is 3. The maximum absolute atomic E-state index is 13.8. The van der Waals surface area contributed by atoms with Gasteiger partial charge in [-0.15, -0.1) is 0 Å². The molecule has 1 aromatic heterocycles. The summed E-state index contributed by atoms with van der Waals surface area (Å²) in [6.45, 7) is 1.64. The highest BCUT2D eigenvalue weighted by Gasteiger charge is 2.32. The van der Waals surface area contributed by atoms with Crippen molar-refractivity contribution in [1.29, 1.82) is 0 Å². The van der Waals surface area contributed by atoms with Gasteiger partial charge < -0.3 is 10.4 Å². The predicted molar refractivity (Wildman–Crippen MR) is 138 cm³/mol. The first-order valence-corrected chi connectivity index (χ1v) is 12.1. The fourth-order valence-corrected chi connectivity index (χ4v) is 5.27. The lowest BCUT2D eigenvalue weighted by Gasteiger charge is -2.25. The van der Waals surface area contributed by atoms with E-state index in [-0.39, 0.29) is 20.5 Å². The van der Waals surface area contributed by atoms with Crippen LogP contribution in [0, 0.1) is 15.9 Å². The smallest absolute Gasteiger partial charge is 0.271 e. The normalized spacial score (nSPS) is 15.1. The van der Waals surface area contributed by atoms with Crippen LogP contribution in [0.25, 0.3) is 6.08 Å². The Kier molecular flexibility index (Phi) is 6.43. The average molecular weight is 530 g/mol. The SMILES string of the molecule is CC1=C(C(=O)Nc2ccccc2)C(c2ccc(F)cc2)n2c(sc(=Cc3cccc([N+](=O)[O-])c3[O-])c2=O)=N1. The average Bonchev–Trinajstić information content (AvgIpc) is 3.19. The molecule has 1 amide bonds. The molecule has 11 heteroatoms. The van der Waals surface area contributed by atoms with Gasteiger partial charge in [0.1, 0.15) is 5.82 Å². The van der Waals surface area contributed by atoms with E-state index >= 15 is 0 Å². The molecule has 3 aromatic carbocycles. The number of anilines is 1. The second-order valence-electron chi connectivity index (χ2n) is 8.41. The Morgan fingerprint density at radius 3 is 2.50 bits per heavy atom. The summed E-state index contributed by atoms with van der Waals surface area (Å²) in [7, 11) is 0. The highest BCUT2D eigenvalue weighted by molar-refractivity contribution is 7.07. The maximum Gasteiger partial charge on any atom is 0.271 e. The summed E-state index contributed by atoms with van der Waals surface area (Å²) in [5.41, 5.74) is 0.395. The number of nitro benzene ring substituents is 1. The van der Waals surface area contributed by atoms with Gasteiger partial charge in [0.25, 0.3) is 17.2 Å². The standard InChI is InChI=1S/C27H19FN4O5S/c1-15-22(25(34)30-19-7-3-2-4-8-19)23(16-10-12-18(28)13-11-16)31-26(35)21(38-27(31)29-15)14-17-6-5-9-20(24(17)33)32(36)37/h2-14,23,33H,1H3,(H,30,34)/p-1. The number of thiazole rings is 1. The van der Waals surface area contributed by atoms with E-state index in [2.05, 4.69) is 10.3 Å². The van der Waals surface area contributed by atoms with Crippen molar-refractivity contribution in [2.75, 3.05) is 5.32 Å². The van der Waals surface area contributed by atoms with Crippen molar-refractivity contribution in [3.8, 4) is 5.75 Å². The van der Waals surface area contributed by atoms with E-state index in [4.69, 9.17) is 0 Å². The number of carbonyl (C=O) groups excluding carboxylic acids is 1. The Hall–Kier alpha value is -4.90. The van der Waals surface area contributed by atoms with Crippen molar-refractivity contribution in [3.63, 3.8) is 0 Å². The van der Waals surface area contributed by atoms with Gasteiger partial charge in [-0.3, -0.25) is 24.3 Å². The minimum absolute atomic E-state index is 0.0273. The number of carbonyl (C=O) groups is 1. The third-order valence-electron chi connectivity index (χ3n) is 5.99. The molecule has 0 aliphatic carbocycles. The molecule has 0 saturated heterocycles. The van der Waals surface area contributed by atoms with Crippen LogP contribution in [0.2, 0.25) is 0 Å². The molecule has 38 heavy (non-hydrogen) atoms. The quantitative estimate of drug-likeness (QED) is 0.314. The Labute approximate surface area is 218 Å². The van der Waals surface area contributed by atoms with Crippen LogP contribution in [0.1, 0.15) is 24.1 Å².